The molecule has 0 bridgehead atoms. The molecule has 32 heavy (non-hydrogen) atoms. The number of aromatic hydroxyl groups is 1. The van der Waals surface area contributed by atoms with Crippen molar-refractivity contribution in [2.75, 3.05) is 19.4 Å². The van der Waals surface area contributed by atoms with Crippen LogP contribution in [0.15, 0.2) is 46.7 Å². The number of furan rings is 1. The average Bonchev–Trinajstić information content (AvgIpc) is 3.18. The number of carbonyl (C=O) groups is 2. The molecule has 1 aliphatic rings. The zero-order chi connectivity index (χ0) is 23.8. The summed E-state index contributed by atoms with van der Waals surface area (Å²) in [6.45, 7) is 4.72. The van der Waals surface area contributed by atoms with E-state index >= 15 is 0 Å². The van der Waals surface area contributed by atoms with E-state index in [0.29, 0.717) is 11.8 Å². The molecule has 2 aromatic rings. The van der Waals surface area contributed by atoms with Crippen LogP contribution in [-0.2, 0) is 4.79 Å². The Morgan fingerprint density at radius 1 is 1.41 bits per heavy atom. The van der Waals surface area contributed by atoms with Crippen LogP contribution in [0.1, 0.15) is 27.9 Å². The van der Waals surface area contributed by atoms with E-state index in [-0.39, 0.29) is 28.4 Å². The molecule has 2 unspecified atom stereocenters. The second-order valence-electron chi connectivity index (χ2n) is 7.34. The number of ketones is 1. The van der Waals surface area contributed by atoms with E-state index in [1.54, 1.807) is 6.92 Å². The number of halogens is 2. The maximum atomic E-state index is 14.6. The lowest BCUT2D eigenvalue weighted by Gasteiger charge is -2.34. The summed E-state index contributed by atoms with van der Waals surface area (Å²) in [6.07, 6.45) is -1.27. The number of alkyl halides is 2. The molecule has 8 nitrogen and oxygen atoms in total. The number of aliphatic hydroxyl groups is 1. The van der Waals surface area contributed by atoms with Gasteiger partial charge in [0.1, 0.15) is 22.8 Å². The van der Waals surface area contributed by atoms with Crippen LogP contribution in [0.5, 0.6) is 5.75 Å². The third-order valence-corrected chi connectivity index (χ3v) is 4.83. The molecule has 10 heteroatoms. The van der Waals surface area contributed by atoms with Crippen LogP contribution in [0.2, 0.25) is 0 Å². The van der Waals surface area contributed by atoms with E-state index in [2.05, 4.69) is 29.3 Å². The summed E-state index contributed by atoms with van der Waals surface area (Å²) < 4.78 is 34.4. The van der Waals surface area contributed by atoms with Gasteiger partial charge in [0.05, 0.1) is 11.4 Å². The third-order valence-electron chi connectivity index (χ3n) is 4.83. The highest BCUT2D eigenvalue weighted by Gasteiger charge is 2.46. The lowest BCUT2D eigenvalue weighted by Crippen LogP contribution is -2.49. The standard InChI is InChI=1S/C22H21F2N3O5/c1-5-22(23,24)20(14-10-9-11(2)32-14)26-16-15(18(29)19(16)30)25-13-8-6-7-12(17(13)28)21(31)27(3)4/h5,8-10,19-20,25-26,28,30H,1H2,2-4H3. The van der Waals surface area contributed by atoms with Crippen LogP contribution in [0.4, 0.5) is 14.5 Å². The molecule has 1 aliphatic carbocycles. The molecule has 0 fully saturated rings. The molecular formula is C22H21F2N3O5. The highest BCUT2D eigenvalue weighted by molar-refractivity contribution is 6.11. The number of anilines is 1. The van der Waals surface area contributed by atoms with Crippen molar-refractivity contribution in [1.82, 2.24) is 10.2 Å². The lowest BCUT2D eigenvalue weighted by atomic mass is 9.92. The number of Topliss-reactive ketones (excluding diaryl/α,β-unsaturated/α-hetero) is 1. The molecule has 0 aliphatic heterocycles. The van der Waals surface area contributed by atoms with Gasteiger partial charge < -0.3 is 30.2 Å². The Labute approximate surface area is 182 Å². The van der Waals surface area contributed by atoms with Gasteiger partial charge in [0, 0.05) is 20.2 Å². The Bertz CT molecular complexity index is 1110. The van der Waals surface area contributed by atoms with Crippen LogP contribution in [0.3, 0.4) is 0 Å². The van der Waals surface area contributed by atoms with Gasteiger partial charge in [-0.1, -0.05) is 18.7 Å². The van der Waals surface area contributed by atoms with Crippen molar-refractivity contribution in [1.29, 1.82) is 0 Å². The number of nitrogens with one attached hydrogen (secondary N) is 2. The summed E-state index contributed by atoms with van der Waals surface area (Å²) >= 11 is 0. The Morgan fingerprint density at radius 2 is 2.09 bits per heavy atom. The fourth-order valence-electron chi connectivity index (χ4n) is 3.03. The van der Waals surface area contributed by atoms with Crippen molar-refractivity contribution >= 4 is 17.4 Å². The first kappa shape index (κ1) is 22.8. The maximum absolute atomic E-state index is 14.6. The Morgan fingerprint density at radius 3 is 2.66 bits per heavy atom. The van der Waals surface area contributed by atoms with Gasteiger partial charge in [-0.2, -0.15) is 8.78 Å². The quantitative estimate of drug-likeness (QED) is 0.461. The van der Waals surface area contributed by atoms with E-state index in [9.17, 15) is 28.6 Å². The van der Waals surface area contributed by atoms with Gasteiger partial charge in [-0.15, -0.1) is 0 Å². The Hall–Kier alpha value is -3.84. The number of amides is 1. The molecule has 3 rings (SSSR count). The van der Waals surface area contributed by atoms with Crippen LogP contribution >= 0.6 is 0 Å². The second-order valence-corrected chi connectivity index (χ2v) is 7.34. The SMILES string of the molecule is C=CC(F)(F)C(NC1=C(Nc2cc#cc(C(=O)N(C)C)c2O)C(=O)C1O)c1ccc(C)o1. The lowest BCUT2D eigenvalue weighted by molar-refractivity contribution is -0.125. The summed E-state index contributed by atoms with van der Waals surface area (Å²) in [7, 11) is 2.95. The number of carbonyl (C=O) groups excluding carboxylic acids is 2. The normalized spacial score (nSPS) is 16.7. The summed E-state index contributed by atoms with van der Waals surface area (Å²) in [5.74, 6) is -5.11. The monoisotopic (exact) mass is 445 g/mol. The largest absolute Gasteiger partial charge is 0.504 e. The fourth-order valence-corrected chi connectivity index (χ4v) is 3.03. The molecular weight excluding hydrogens is 424 g/mol. The number of hydrogen-bond donors (Lipinski definition) is 4. The molecule has 0 radical (unpaired) electrons. The minimum absolute atomic E-state index is 0.0932. The van der Waals surface area contributed by atoms with Crippen molar-refractivity contribution in [3.8, 4) is 5.75 Å². The second kappa shape index (κ2) is 8.36. The molecule has 1 aromatic heterocycles. The van der Waals surface area contributed by atoms with E-state index in [4.69, 9.17) is 4.42 Å². The molecule has 0 saturated heterocycles. The number of nitrogens with zero attached hydrogens (tertiary/aromatic N) is 1. The van der Waals surface area contributed by atoms with E-state index in [1.165, 1.54) is 37.2 Å². The zero-order valence-corrected chi connectivity index (χ0v) is 17.5. The number of hydrogen-bond acceptors (Lipinski definition) is 7. The van der Waals surface area contributed by atoms with Crippen LogP contribution in [0, 0.1) is 19.1 Å². The van der Waals surface area contributed by atoms with Crippen molar-refractivity contribution < 1.29 is 33.0 Å². The van der Waals surface area contributed by atoms with Crippen LogP contribution in [0.25, 0.3) is 0 Å². The minimum atomic E-state index is -3.50. The molecule has 0 spiro atoms. The smallest absolute Gasteiger partial charge is 0.293 e. The van der Waals surface area contributed by atoms with Crippen LogP contribution in [-0.4, -0.2) is 52.9 Å². The van der Waals surface area contributed by atoms with Gasteiger partial charge in [0.25, 0.3) is 11.8 Å². The minimum Gasteiger partial charge on any atom is -0.504 e. The first-order valence-corrected chi connectivity index (χ1v) is 9.42. The van der Waals surface area contributed by atoms with Crippen molar-refractivity contribution in [2.45, 2.75) is 25.0 Å². The Kier molecular flexibility index (Phi) is 5.96. The number of aryl methyl sites for hydroxylation is 1. The molecule has 0 saturated carbocycles. The van der Waals surface area contributed by atoms with Gasteiger partial charge in [0.15, 0.2) is 17.9 Å². The van der Waals surface area contributed by atoms with Crippen LogP contribution < -0.4 is 10.6 Å². The molecule has 168 valence electrons. The average molecular weight is 445 g/mol. The predicted molar refractivity (Wildman–Crippen MR) is 110 cm³/mol. The highest BCUT2D eigenvalue weighted by Crippen LogP contribution is 2.37. The van der Waals surface area contributed by atoms with Gasteiger partial charge in [-0.3, -0.25) is 9.59 Å². The van der Waals surface area contributed by atoms with Gasteiger partial charge in [-0.05, 0) is 25.1 Å². The van der Waals surface area contributed by atoms with E-state index in [1.807, 2.05) is 0 Å². The Balaban J connectivity index is 1.97. The highest BCUT2D eigenvalue weighted by atomic mass is 19.3. The van der Waals surface area contributed by atoms with Gasteiger partial charge in [-0.25, -0.2) is 0 Å². The molecule has 1 amide bonds. The van der Waals surface area contributed by atoms with Gasteiger partial charge >= 0.3 is 0 Å². The summed E-state index contributed by atoms with van der Waals surface area (Å²) in [5.41, 5.74) is -0.791. The zero-order valence-electron chi connectivity index (χ0n) is 17.5. The van der Waals surface area contributed by atoms with E-state index < -0.39 is 35.5 Å². The molecule has 1 heterocycles. The van der Waals surface area contributed by atoms with Gasteiger partial charge in [0.2, 0.25) is 5.78 Å². The van der Waals surface area contributed by atoms with Crippen molar-refractivity contribution in [2.24, 2.45) is 0 Å². The van der Waals surface area contributed by atoms with Crippen molar-refractivity contribution in [3.05, 3.63) is 71.5 Å². The first-order valence-electron chi connectivity index (χ1n) is 9.42. The molecule has 2 atom stereocenters. The fraction of sp³-hybridized carbons (Fsp3) is 0.273. The molecule has 4 N–H and O–H groups in total. The topological polar surface area (TPSA) is 115 Å². The summed E-state index contributed by atoms with van der Waals surface area (Å²) in [6, 6.07) is 7.33. The van der Waals surface area contributed by atoms with E-state index in [0.717, 1.165) is 0 Å². The first-order chi connectivity index (χ1) is 15.0. The summed E-state index contributed by atoms with van der Waals surface area (Å²) in [5, 5.41) is 25.6. The maximum Gasteiger partial charge on any atom is 0.293 e. The predicted octanol–water partition coefficient (Wildman–Crippen LogP) is 2.32. The number of aliphatic hydroxyl groups excluding tert-OH is 1. The number of rotatable bonds is 8. The third kappa shape index (κ3) is 4.02. The molecule has 1 aromatic carbocycles. The van der Waals surface area contributed by atoms with Crippen molar-refractivity contribution in [3.63, 3.8) is 0 Å². The summed E-state index contributed by atoms with van der Waals surface area (Å²) in [4.78, 5) is 25.6.